The van der Waals surface area contributed by atoms with Crippen molar-refractivity contribution in [3.05, 3.63) is 198 Å². The molecule has 10 rings (SSSR count). The van der Waals surface area contributed by atoms with Crippen LogP contribution in [0.4, 0.5) is 0 Å². The van der Waals surface area contributed by atoms with Gasteiger partial charge in [0.25, 0.3) is 0 Å². The van der Waals surface area contributed by atoms with Crippen LogP contribution < -0.4 is 0 Å². The van der Waals surface area contributed by atoms with Crippen LogP contribution in [0, 0.1) is 0 Å². The van der Waals surface area contributed by atoms with Crippen LogP contribution in [0.5, 0.6) is 0 Å². The smallest absolute Gasteiger partial charge is 0.0748 e. The lowest BCUT2D eigenvalue weighted by atomic mass is 9.69. The molecule has 0 heterocycles. The zero-order valence-electron chi connectivity index (χ0n) is 27.8. The molecule has 0 saturated carbocycles. The minimum absolute atomic E-state index is 0.517. The molecule has 8 aromatic carbocycles. The third-order valence-electron chi connectivity index (χ3n) is 11.0. The van der Waals surface area contributed by atoms with E-state index in [0.717, 1.165) is 16.8 Å². The van der Waals surface area contributed by atoms with Gasteiger partial charge in [-0.15, -0.1) is 0 Å². The number of hydrogen-bond donors (Lipinski definition) is 0. The first-order chi connectivity index (χ1) is 24.8. The molecule has 0 N–H and O–H groups in total. The Morgan fingerprint density at radius 1 is 0.480 bits per heavy atom. The maximum absolute atomic E-state index is 5.04. The monoisotopic (exact) mass is 635 g/mol. The number of allylic oxidation sites excluding steroid dienone is 2. The van der Waals surface area contributed by atoms with E-state index in [-0.39, 0.29) is 0 Å². The van der Waals surface area contributed by atoms with E-state index >= 15 is 0 Å². The van der Waals surface area contributed by atoms with E-state index in [1.54, 1.807) is 0 Å². The molecule has 0 saturated heterocycles. The fraction of sp³-hybridized carbons (Fsp3) is 0.0408. The summed E-state index contributed by atoms with van der Waals surface area (Å²) in [5.74, 6) is 0. The van der Waals surface area contributed by atoms with Crippen LogP contribution in [0.3, 0.4) is 0 Å². The first kappa shape index (κ1) is 28.7. The number of rotatable bonds is 4. The molecule has 1 nitrogen and oxygen atoms in total. The predicted octanol–water partition coefficient (Wildman–Crippen LogP) is 12.8. The van der Waals surface area contributed by atoms with Crippen LogP contribution in [-0.2, 0) is 5.41 Å². The van der Waals surface area contributed by atoms with Gasteiger partial charge < -0.3 is 0 Å². The summed E-state index contributed by atoms with van der Waals surface area (Å²) in [6, 6.07) is 58.2. The lowest BCUT2D eigenvalue weighted by Crippen LogP contribution is -2.26. The summed E-state index contributed by atoms with van der Waals surface area (Å²) in [7, 11) is 0. The second-order valence-electron chi connectivity index (χ2n) is 13.3. The highest BCUT2D eigenvalue weighted by Gasteiger charge is 2.52. The maximum atomic E-state index is 5.04. The molecule has 0 bridgehead atoms. The Bertz CT molecular complexity index is 2680. The van der Waals surface area contributed by atoms with Crippen molar-refractivity contribution in [3.63, 3.8) is 0 Å². The van der Waals surface area contributed by atoms with Crippen molar-refractivity contribution >= 4 is 44.2 Å². The van der Waals surface area contributed by atoms with Gasteiger partial charge in [0.05, 0.1) is 11.1 Å². The molecular formula is C49H33N. The molecule has 0 radical (unpaired) electrons. The van der Waals surface area contributed by atoms with E-state index in [1.165, 1.54) is 82.4 Å². The van der Waals surface area contributed by atoms with Gasteiger partial charge in [0.1, 0.15) is 0 Å². The zero-order valence-corrected chi connectivity index (χ0v) is 27.8. The standard InChI is InChI=1S/C49H33N/c1-3-42-48(50-4-2)41-29-28-32(30-45(41)49(42)43-26-13-11-19-34(43)35-20-12-14-27-44(35)49)46-37-21-7-9-23-39(37)47(40-24-10-8-22-38(40)46)36-25-15-17-31-16-5-6-18-33(31)36/h3-30H,1H2,2H3/b50-4-. The van der Waals surface area contributed by atoms with Gasteiger partial charge in [-0.3, -0.25) is 4.99 Å². The lowest BCUT2D eigenvalue weighted by molar-refractivity contribution is 0.786. The summed E-state index contributed by atoms with van der Waals surface area (Å²) < 4.78 is 0. The molecule has 2 aliphatic rings. The normalized spacial score (nSPS) is 14.2. The van der Waals surface area contributed by atoms with Crippen molar-refractivity contribution in [3.8, 4) is 33.4 Å². The number of fused-ring (bicyclic) bond motifs is 10. The lowest BCUT2D eigenvalue weighted by Gasteiger charge is -2.31. The Labute approximate surface area is 292 Å². The number of nitrogens with zero attached hydrogens (tertiary/aromatic N) is 1. The average Bonchev–Trinajstić information content (AvgIpc) is 3.63. The van der Waals surface area contributed by atoms with Crippen molar-refractivity contribution in [1.82, 2.24) is 0 Å². The highest BCUT2D eigenvalue weighted by molar-refractivity contribution is 6.23. The minimum atomic E-state index is -0.517. The minimum Gasteiger partial charge on any atom is -0.261 e. The Balaban J connectivity index is 1.32. The second kappa shape index (κ2) is 10.9. The van der Waals surface area contributed by atoms with E-state index in [1.807, 2.05) is 19.2 Å². The van der Waals surface area contributed by atoms with Crippen molar-refractivity contribution in [1.29, 1.82) is 0 Å². The van der Waals surface area contributed by atoms with Gasteiger partial charge >= 0.3 is 0 Å². The maximum Gasteiger partial charge on any atom is 0.0748 e. The van der Waals surface area contributed by atoms with Crippen LogP contribution in [-0.4, -0.2) is 6.21 Å². The van der Waals surface area contributed by atoms with Crippen molar-refractivity contribution in [2.24, 2.45) is 4.99 Å². The van der Waals surface area contributed by atoms with Gasteiger partial charge in [0.15, 0.2) is 0 Å². The van der Waals surface area contributed by atoms with Gasteiger partial charge in [-0.05, 0) is 101 Å². The molecule has 0 aliphatic heterocycles. The van der Waals surface area contributed by atoms with Crippen LogP contribution in [0.25, 0.3) is 71.4 Å². The van der Waals surface area contributed by atoms with Crippen LogP contribution in [0.15, 0.2) is 181 Å². The van der Waals surface area contributed by atoms with Crippen LogP contribution in [0.1, 0.15) is 29.2 Å². The Morgan fingerprint density at radius 2 is 1.00 bits per heavy atom. The highest BCUT2D eigenvalue weighted by atomic mass is 14.8. The number of hydrogen-bond acceptors (Lipinski definition) is 1. The fourth-order valence-electron chi connectivity index (χ4n) is 9.19. The molecular weight excluding hydrogens is 603 g/mol. The van der Waals surface area contributed by atoms with Crippen LogP contribution in [0.2, 0.25) is 0 Å². The largest absolute Gasteiger partial charge is 0.261 e. The van der Waals surface area contributed by atoms with Crippen molar-refractivity contribution < 1.29 is 0 Å². The van der Waals surface area contributed by atoms with Gasteiger partial charge in [-0.25, -0.2) is 0 Å². The van der Waals surface area contributed by atoms with Gasteiger partial charge in [-0.1, -0.05) is 164 Å². The Hall–Kier alpha value is -6.31. The molecule has 50 heavy (non-hydrogen) atoms. The quantitative estimate of drug-likeness (QED) is 0.135. The summed E-state index contributed by atoms with van der Waals surface area (Å²) in [4.78, 5) is 5.04. The fourth-order valence-corrected chi connectivity index (χ4v) is 9.19. The summed E-state index contributed by atoms with van der Waals surface area (Å²) >= 11 is 0. The van der Waals surface area contributed by atoms with E-state index < -0.39 is 5.41 Å². The summed E-state index contributed by atoms with van der Waals surface area (Å²) in [5.41, 5.74) is 14.2. The molecule has 1 spiro atoms. The number of aliphatic imine (C=N–C) groups is 1. The zero-order chi connectivity index (χ0) is 33.4. The molecule has 1 heteroatoms. The van der Waals surface area contributed by atoms with Crippen molar-refractivity contribution in [2.45, 2.75) is 12.3 Å². The average molecular weight is 636 g/mol. The van der Waals surface area contributed by atoms with Gasteiger partial charge in [0, 0.05) is 11.8 Å². The topological polar surface area (TPSA) is 12.4 Å². The SMILES string of the molecule is C=CC1=C(/N=C\C)c2ccc(-c3c4ccccc4c(-c4cccc5ccccc45)c4ccccc34)cc2C12c1ccccc1-c1ccccc12. The molecule has 2 aliphatic carbocycles. The first-order valence-electron chi connectivity index (χ1n) is 17.4. The highest BCUT2D eigenvalue weighted by Crippen LogP contribution is 2.62. The molecule has 0 amide bonds. The van der Waals surface area contributed by atoms with E-state index in [2.05, 4.69) is 164 Å². The molecule has 234 valence electrons. The third-order valence-corrected chi connectivity index (χ3v) is 11.0. The third kappa shape index (κ3) is 3.69. The summed E-state index contributed by atoms with van der Waals surface area (Å²) in [6.45, 7) is 6.41. The molecule has 8 aromatic rings. The molecule has 0 aromatic heterocycles. The molecule has 0 atom stereocenters. The van der Waals surface area contributed by atoms with Crippen LogP contribution >= 0.6 is 0 Å². The van der Waals surface area contributed by atoms with Gasteiger partial charge in [0.2, 0.25) is 0 Å². The Morgan fingerprint density at radius 3 is 1.62 bits per heavy atom. The summed E-state index contributed by atoms with van der Waals surface area (Å²) in [5, 5.41) is 7.52. The summed E-state index contributed by atoms with van der Waals surface area (Å²) in [6.07, 6.45) is 3.96. The molecule has 0 unspecified atom stereocenters. The van der Waals surface area contributed by atoms with E-state index in [0.29, 0.717) is 0 Å². The second-order valence-corrected chi connectivity index (χ2v) is 13.3. The van der Waals surface area contributed by atoms with E-state index in [4.69, 9.17) is 4.99 Å². The first-order valence-corrected chi connectivity index (χ1v) is 17.4. The number of benzene rings is 8. The van der Waals surface area contributed by atoms with Crippen molar-refractivity contribution in [2.75, 3.05) is 0 Å². The predicted molar refractivity (Wildman–Crippen MR) is 213 cm³/mol. The Kier molecular flexibility index (Phi) is 6.22. The van der Waals surface area contributed by atoms with Gasteiger partial charge in [-0.2, -0.15) is 0 Å². The van der Waals surface area contributed by atoms with E-state index in [9.17, 15) is 0 Å². The molecule has 0 fully saturated rings.